The van der Waals surface area contributed by atoms with Gasteiger partial charge >= 0.3 is 0 Å². The van der Waals surface area contributed by atoms with Gasteiger partial charge in [0.25, 0.3) is 0 Å². The summed E-state index contributed by atoms with van der Waals surface area (Å²) in [5.41, 5.74) is 7.20. The van der Waals surface area contributed by atoms with Crippen LogP contribution in [-0.4, -0.2) is 33.4 Å². The van der Waals surface area contributed by atoms with Gasteiger partial charge in [-0.3, -0.25) is 0 Å². The smallest absolute Gasteiger partial charge is 0.182 e. The summed E-state index contributed by atoms with van der Waals surface area (Å²) >= 11 is 5.93. The summed E-state index contributed by atoms with van der Waals surface area (Å²) < 4.78 is 7.28. The maximum atomic E-state index is 5.93. The third-order valence-corrected chi connectivity index (χ3v) is 3.57. The van der Waals surface area contributed by atoms with Crippen molar-refractivity contribution in [2.45, 2.75) is 18.9 Å². The van der Waals surface area contributed by atoms with Gasteiger partial charge in [-0.2, -0.15) is 0 Å². The van der Waals surface area contributed by atoms with Crippen LogP contribution < -0.4 is 5.73 Å². The molecule has 0 bridgehead atoms. The van der Waals surface area contributed by atoms with E-state index in [-0.39, 0.29) is 6.04 Å². The maximum absolute atomic E-state index is 5.93. The lowest BCUT2D eigenvalue weighted by Gasteiger charge is -2.22. The van der Waals surface area contributed by atoms with E-state index in [1.165, 1.54) is 0 Å². The molecule has 1 saturated heterocycles. The van der Waals surface area contributed by atoms with Gasteiger partial charge in [0.15, 0.2) is 5.82 Å². The summed E-state index contributed by atoms with van der Waals surface area (Å²) in [5.74, 6) is 0.693. The molecule has 1 unspecified atom stereocenters. The number of nitrogens with zero attached hydrogens (tertiary/aromatic N) is 4. The third kappa shape index (κ3) is 2.41. The van der Waals surface area contributed by atoms with E-state index < -0.39 is 0 Å². The molecule has 1 aliphatic heterocycles. The van der Waals surface area contributed by atoms with Crippen molar-refractivity contribution in [1.29, 1.82) is 0 Å². The van der Waals surface area contributed by atoms with Crippen molar-refractivity contribution in [3.05, 3.63) is 23.2 Å². The Hall–Kier alpha value is -1.66. The molecular formula is C12H14ClN5O. The Kier molecular flexibility index (Phi) is 3.35. The molecule has 1 atom stereocenters. The molecule has 0 saturated carbocycles. The van der Waals surface area contributed by atoms with E-state index in [1.54, 1.807) is 12.1 Å². The van der Waals surface area contributed by atoms with Crippen molar-refractivity contribution >= 4 is 17.3 Å². The van der Waals surface area contributed by atoms with Crippen LogP contribution in [0.1, 0.15) is 18.9 Å². The van der Waals surface area contributed by atoms with Crippen LogP contribution >= 0.6 is 11.6 Å². The van der Waals surface area contributed by atoms with Gasteiger partial charge in [0.05, 0.1) is 23.4 Å². The zero-order valence-electron chi connectivity index (χ0n) is 10.3. The van der Waals surface area contributed by atoms with E-state index in [4.69, 9.17) is 22.1 Å². The predicted octanol–water partition coefficient (Wildman–Crippen LogP) is 1.93. The van der Waals surface area contributed by atoms with Crippen molar-refractivity contribution < 1.29 is 4.74 Å². The fourth-order valence-corrected chi connectivity index (χ4v) is 2.35. The number of nitrogens with two attached hydrogens (primary N) is 1. The van der Waals surface area contributed by atoms with Crippen molar-refractivity contribution in [1.82, 2.24) is 20.2 Å². The second kappa shape index (κ2) is 5.14. The first kappa shape index (κ1) is 12.4. The zero-order chi connectivity index (χ0) is 13.2. The molecule has 19 heavy (non-hydrogen) atoms. The molecule has 3 rings (SSSR count). The highest BCUT2D eigenvalue weighted by Gasteiger charge is 2.21. The first-order valence-corrected chi connectivity index (χ1v) is 6.54. The summed E-state index contributed by atoms with van der Waals surface area (Å²) in [6.07, 6.45) is 2.04. The standard InChI is InChI=1S/C12H14ClN5O/c13-10-4-3-8(6-11(10)14)12-15-16-17-18(12)9-2-1-5-19-7-9/h3-4,6,9H,1-2,5,7,14H2. The van der Waals surface area contributed by atoms with Gasteiger partial charge in [-0.05, 0) is 41.5 Å². The van der Waals surface area contributed by atoms with Gasteiger partial charge in [0.1, 0.15) is 0 Å². The summed E-state index contributed by atoms with van der Waals surface area (Å²) in [4.78, 5) is 0. The van der Waals surface area contributed by atoms with Gasteiger partial charge in [0, 0.05) is 12.2 Å². The van der Waals surface area contributed by atoms with Gasteiger partial charge < -0.3 is 10.5 Å². The van der Waals surface area contributed by atoms with Gasteiger partial charge in [0.2, 0.25) is 0 Å². The van der Waals surface area contributed by atoms with Crippen LogP contribution in [0.25, 0.3) is 11.4 Å². The van der Waals surface area contributed by atoms with E-state index >= 15 is 0 Å². The molecule has 0 radical (unpaired) electrons. The van der Waals surface area contributed by atoms with Crippen LogP contribution in [0.4, 0.5) is 5.69 Å². The van der Waals surface area contributed by atoms with Crippen LogP contribution in [0.2, 0.25) is 5.02 Å². The van der Waals surface area contributed by atoms with Gasteiger partial charge in [-0.1, -0.05) is 11.6 Å². The number of ether oxygens (including phenoxy) is 1. The molecule has 2 aromatic rings. The molecular weight excluding hydrogens is 266 g/mol. The Bertz CT molecular complexity index is 579. The minimum absolute atomic E-state index is 0.177. The van der Waals surface area contributed by atoms with E-state index in [0.717, 1.165) is 25.0 Å². The summed E-state index contributed by atoms with van der Waals surface area (Å²) in [7, 11) is 0. The minimum atomic E-state index is 0.177. The van der Waals surface area contributed by atoms with E-state index in [0.29, 0.717) is 23.1 Å². The third-order valence-electron chi connectivity index (χ3n) is 3.23. The quantitative estimate of drug-likeness (QED) is 0.850. The van der Waals surface area contributed by atoms with Gasteiger partial charge in [-0.15, -0.1) is 5.10 Å². The summed E-state index contributed by atoms with van der Waals surface area (Å²) in [5, 5.41) is 12.4. The average molecular weight is 280 g/mol. The first-order valence-electron chi connectivity index (χ1n) is 6.16. The second-order valence-electron chi connectivity index (χ2n) is 4.55. The summed E-state index contributed by atoms with van der Waals surface area (Å²) in [6.45, 7) is 1.45. The van der Waals surface area contributed by atoms with Crippen molar-refractivity contribution in [3.63, 3.8) is 0 Å². The van der Waals surface area contributed by atoms with Crippen molar-refractivity contribution in [2.24, 2.45) is 0 Å². The largest absolute Gasteiger partial charge is 0.398 e. The van der Waals surface area contributed by atoms with E-state index in [9.17, 15) is 0 Å². The number of anilines is 1. The van der Waals surface area contributed by atoms with Gasteiger partial charge in [-0.25, -0.2) is 4.68 Å². The van der Waals surface area contributed by atoms with Crippen LogP contribution in [0.3, 0.4) is 0 Å². The number of hydrogen-bond donors (Lipinski definition) is 1. The molecule has 6 nitrogen and oxygen atoms in total. The highest BCUT2D eigenvalue weighted by Crippen LogP contribution is 2.28. The molecule has 1 aliphatic rings. The number of benzene rings is 1. The monoisotopic (exact) mass is 279 g/mol. The summed E-state index contributed by atoms with van der Waals surface area (Å²) in [6, 6.07) is 5.58. The molecule has 1 aromatic carbocycles. The fourth-order valence-electron chi connectivity index (χ4n) is 2.23. The van der Waals surface area contributed by atoms with Crippen molar-refractivity contribution in [2.75, 3.05) is 18.9 Å². The highest BCUT2D eigenvalue weighted by atomic mass is 35.5. The number of rotatable bonds is 2. The Morgan fingerprint density at radius 2 is 2.32 bits per heavy atom. The number of halogens is 1. The number of aromatic nitrogens is 4. The lowest BCUT2D eigenvalue weighted by molar-refractivity contribution is 0.0548. The molecule has 1 fully saturated rings. The average Bonchev–Trinajstić information content (AvgIpc) is 2.92. The molecule has 0 aliphatic carbocycles. The Balaban J connectivity index is 1.96. The molecule has 0 amide bonds. The van der Waals surface area contributed by atoms with Crippen molar-refractivity contribution in [3.8, 4) is 11.4 Å². The lowest BCUT2D eigenvalue weighted by Crippen LogP contribution is -2.23. The molecule has 1 aromatic heterocycles. The zero-order valence-corrected chi connectivity index (χ0v) is 11.0. The van der Waals surface area contributed by atoms with Crippen LogP contribution in [-0.2, 0) is 4.74 Å². The number of hydrogen-bond acceptors (Lipinski definition) is 5. The fraction of sp³-hybridized carbons (Fsp3) is 0.417. The second-order valence-corrected chi connectivity index (χ2v) is 4.96. The Labute approximate surface area is 115 Å². The maximum Gasteiger partial charge on any atom is 0.182 e. The SMILES string of the molecule is Nc1cc(-c2nnnn2C2CCCOC2)ccc1Cl. The van der Waals surface area contributed by atoms with E-state index in [2.05, 4.69) is 15.5 Å². The molecule has 2 N–H and O–H groups in total. The molecule has 7 heteroatoms. The molecule has 0 spiro atoms. The normalized spacial score (nSPS) is 19.5. The number of tetrazole rings is 1. The lowest BCUT2D eigenvalue weighted by atomic mass is 10.1. The first-order chi connectivity index (χ1) is 9.25. The highest BCUT2D eigenvalue weighted by molar-refractivity contribution is 6.33. The Morgan fingerprint density at radius 3 is 3.05 bits per heavy atom. The topological polar surface area (TPSA) is 78.9 Å². The number of nitrogen functional groups attached to an aromatic ring is 1. The molecule has 2 heterocycles. The van der Waals surface area contributed by atoms with Crippen LogP contribution in [0.5, 0.6) is 0 Å². The minimum Gasteiger partial charge on any atom is -0.398 e. The van der Waals surface area contributed by atoms with E-state index in [1.807, 2.05) is 10.7 Å². The Morgan fingerprint density at radius 1 is 1.42 bits per heavy atom. The van der Waals surface area contributed by atoms with Crippen LogP contribution in [0, 0.1) is 0 Å². The van der Waals surface area contributed by atoms with Crippen LogP contribution in [0.15, 0.2) is 18.2 Å². The predicted molar refractivity (Wildman–Crippen MR) is 71.8 cm³/mol. The molecule has 100 valence electrons.